The number of hydrogen-bond acceptors (Lipinski definition) is 7. The summed E-state index contributed by atoms with van der Waals surface area (Å²) in [6.45, 7) is 4.71. The van der Waals surface area contributed by atoms with Crippen molar-refractivity contribution in [3.63, 3.8) is 0 Å². The summed E-state index contributed by atoms with van der Waals surface area (Å²) in [7, 11) is 0. The van der Waals surface area contributed by atoms with Gasteiger partial charge in [-0.25, -0.2) is 9.59 Å². The molecular weight excluding hydrogens is 392 g/mol. The first-order chi connectivity index (χ1) is 13.3. The number of esters is 1. The second kappa shape index (κ2) is 9.32. The van der Waals surface area contributed by atoms with Crippen LogP contribution in [0.5, 0.6) is 11.5 Å². The van der Waals surface area contributed by atoms with Crippen molar-refractivity contribution < 1.29 is 33.7 Å². The molecule has 2 amide bonds. The zero-order chi connectivity index (χ0) is 20.8. The van der Waals surface area contributed by atoms with E-state index in [2.05, 4.69) is 10.6 Å². The highest BCUT2D eigenvalue weighted by molar-refractivity contribution is 6.31. The number of amides is 2. The largest absolute Gasteiger partial charge is 0.546 e. The molecule has 2 rings (SSSR count). The Bertz CT molecular complexity index is 822. The van der Waals surface area contributed by atoms with Gasteiger partial charge in [-0.15, -0.1) is 0 Å². The molecule has 0 aromatic heterocycles. The van der Waals surface area contributed by atoms with Gasteiger partial charge in [0.2, 0.25) is 0 Å². The fourth-order valence-electron chi connectivity index (χ4n) is 2.70. The Morgan fingerprint density at radius 2 is 1.86 bits per heavy atom. The Hall–Kier alpha value is -2.94. The SMILES string of the molecule is CCOC(=O)C1=C(C)NC(=O)N[C@H]1c1cc(OCC)c(OCC(=O)[O-])cc1Cl. The van der Waals surface area contributed by atoms with E-state index in [1.807, 2.05) is 0 Å². The summed E-state index contributed by atoms with van der Waals surface area (Å²) in [4.78, 5) is 35.1. The molecule has 28 heavy (non-hydrogen) atoms. The molecule has 1 aromatic carbocycles. The minimum Gasteiger partial charge on any atom is -0.546 e. The van der Waals surface area contributed by atoms with E-state index in [0.29, 0.717) is 11.3 Å². The average molecular weight is 412 g/mol. The van der Waals surface area contributed by atoms with Crippen LogP contribution in [0.1, 0.15) is 32.4 Å². The van der Waals surface area contributed by atoms with Crippen LogP contribution >= 0.6 is 11.6 Å². The number of carbonyl (C=O) groups excluding carboxylic acids is 3. The van der Waals surface area contributed by atoms with Crippen LogP contribution < -0.4 is 25.2 Å². The summed E-state index contributed by atoms with van der Waals surface area (Å²) in [5.74, 6) is -1.71. The number of carbonyl (C=O) groups is 3. The van der Waals surface area contributed by atoms with Gasteiger partial charge in [0, 0.05) is 17.3 Å². The van der Waals surface area contributed by atoms with Crippen LogP contribution in [0.3, 0.4) is 0 Å². The number of hydrogen-bond donors (Lipinski definition) is 2. The second-order valence-corrected chi connectivity index (χ2v) is 6.11. The first kappa shape index (κ1) is 21.4. The quantitative estimate of drug-likeness (QED) is 0.612. The molecule has 1 aliphatic heterocycles. The lowest BCUT2D eigenvalue weighted by atomic mass is 9.95. The predicted octanol–water partition coefficient (Wildman–Crippen LogP) is 1.06. The zero-order valence-corrected chi connectivity index (χ0v) is 16.3. The number of nitrogens with one attached hydrogen (secondary N) is 2. The molecule has 0 aliphatic carbocycles. The molecule has 0 bridgehead atoms. The Balaban J connectivity index is 2.52. The third-order valence-corrected chi connectivity index (χ3v) is 4.11. The molecule has 0 spiro atoms. The number of carboxylic acid groups (broad SMARTS) is 1. The molecule has 0 radical (unpaired) electrons. The Kier molecular flexibility index (Phi) is 7.11. The van der Waals surface area contributed by atoms with Crippen LogP contribution in [0.15, 0.2) is 23.4 Å². The molecule has 10 heteroatoms. The summed E-state index contributed by atoms with van der Waals surface area (Å²) >= 11 is 6.35. The lowest BCUT2D eigenvalue weighted by molar-refractivity contribution is -0.307. The minimum absolute atomic E-state index is 0.0958. The Labute approximate surface area is 166 Å². The van der Waals surface area contributed by atoms with Gasteiger partial charge in [-0.3, -0.25) is 0 Å². The van der Waals surface area contributed by atoms with Gasteiger partial charge in [0.05, 0.1) is 35.8 Å². The molecule has 2 N–H and O–H groups in total. The van der Waals surface area contributed by atoms with Crippen molar-refractivity contribution in [1.82, 2.24) is 10.6 Å². The van der Waals surface area contributed by atoms with Crippen molar-refractivity contribution >= 4 is 29.6 Å². The molecule has 152 valence electrons. The van der Waals surface area contributed by atoms with E-state index in [1.54, 1.807) is 20.8 Å². The van der Waals surface area contributed by atoms with E-state index >= 15 is 0 Å². The van der Waals surface area contributed by atoms with Gasteiger partial charge >= 0.3 is 12.0 Å². The van der Waals surface area contributed by atoms with Gasteiger partial charge in [-0.1, -0.05) is 11.6 Å². The molecule has 9 nitrogen and oxygen atoms in total. The fraction of sp³-hybridized carbons (Fsp3) is 0.389. The number of ether oxygens (including phenoxy) is 3. The van der Waals surface area contributed by atoms with Crippen LogP contribution in [0.25, 0.3) is 0 Å². The third-order valence-electron chi connectivity index (χ3n) is 3.78. The van der Waals surface area contributed by atoms with Crippen molar-refractivity contribution in [3.8, 4) is 11.5 Å². The number of rotatable bonds is 8. The van der Waals surface area contributed by atoms with Gasteiger partial charge in [0.15, 0.2) is 11.5 Å². The van der Waals surface area contributed by atoms with Gasteiger partial charge in [0.25, 0.3) is 0 Å². The highest BCUT2D eigenvalue weighted by Crippen LogP contribution is 2.39. The standard InChI is InChI=1S/C18H21ClN2O7/c1-4-26-12-6-10(11(19)7-13(12)28-8-14(22)23)16-15(17(24)27-5-2)9(3)20-18(25)21-16/h6-7,16H,4-5,8H2,1-3H3,(H,22,23)(H2,20,21,25)/p-1/t16-/m0/s1. The molecule has 1 atom stereocenters. The van der Waals surface area contributed by atoms with Gasteiger partial charge < -0.3 is 34.7 Å². The maximum Gasteiger partial charge on any atom is 0.338 e. The summed E-state index contributed by atoms with van der Waals surface area (Å²) in [5.41, 5.74) is 0.885. The predicted molar refractivity (Wildman–Crippen MR) is 96.9 cm³/mol. The van der Waals surface area contributed by atoms with Crippen LogP contribution in [-0.4, -0.2) is 37.8 Å². The van der Waals surface area contributed by atoms with Gasteiger partial charge in [0.1, 0.15) is 6.61 Å². The molecule has 1 aromatic rings. The topological polar surface area (TPSA) is 126 Å². The summed E-state index contributed by atoms with van der Waals surface area (Å²) in [6.07, 6.45) is 0. The maximum absolute atomic E-state index is 12.4. The lowest BCUT2D eigenvalue weighted by Crippen LogP contribution is -2.45. The zero-order valence-electron chi connectivity index (χ0n) is 15.6. The molecular formula is C18H20ClN2O7-. The second-order valence-electron chi connectivity index (χ2n) is 5.70. The van der Waals surface area contributed by atoms with Crippen molar-refractivity contribution in [1.29, 1.82) is 0 Å². The van der Waals surface area contributed by atoms with Crippen molar-refractivity contribution in [3.05, 3.63) is 34.0 Å². The van der Waals surface area contributed by atoms with Gasteiger partial charge in [-0.05, 0) is 26.8 Å². The number of aliphatic carboxylic acids is 1. The van der Waals surface area contributed by atoms with Crippen molar-refractivity contribution in [2.24, 2.45) is 0 Å². The summed E-state index contributed by atoms with van der Waals surface area (Å²) < 4.78 is 15.7. The normalized spacial score (nSPS) is 16.1. The number of halogens is 1. The molecule has 1 heterocycles. The van der Waals surface area contributed by atoms with E-state index in [0.717, 1.165) is 0 Å². The highest BCUT2D eigenvalue weighted by Gasteiger charge is 2.34. The fourth-order valence-corrected chi connectivity index (χ4v) is 2.96. The van der Waals surface area contributed by atoms with Crippen LogP contribution in [0.4, 0.5) is 4.79 Å². The van der Waals surface area contributed by atoms with E-state index in [4.69, 9.17) is 25.8 Å². The van der Waals surface area contributed by atoms with E-state index in [1.165, 1.54) is 12.1 Å². The molecule has 0 unspecified atom stereocenters. The molecule has 0 saturated carbocycles. The third kappa shape index (κ3) is 4.86. The average Bonchev–Trinajstić information content (AvgIpc) is 2.61. The smallest absolute Gasteiger partial charge is 0.338 e. The molecule has 0 fully saturated rings. The maximum atomic E-state index is 12.4. The van der Waals surface area contributed by atoms with Crippen molar-refractivity contribution in [2.45, 2.75) is 26.8 Å². The number of carboxylic acids is 1. The first-order valence-electron chi connectivity index (χ1n) is 8.52. The van der Waals surface area contributed by atoms with Gasteiger partial charge in [-0.2, -0.15) is 0 Å². The van der Waals surface area contributed by atoms with Crippen LogP contribution in [0, 0.1) is 0 Å². The lowest BCUT2D eigenvalue weighted by Gasteiger charge is -2.29. The minimum atomic E-state index is -1.41. The van der Waals surface area contributed by atoms with Crippen molar-refractivity contribution in [2.75, 3.05) is 19.8 Å². The van der Waals surface area contributed by atoms with E-state index < -0.39 is 30.6 Å². The molecule has 1 aliphatic rings. The Morgan fingerprint density at radius 1 is 1.18 bits per heavy atom. The number of urea groups is 1. The summed E-state index contributed by atoms with van der Waals surface area (Å²) in [6, 6.07) is 1.44. The monoisotopic (exact) mass is 411 g/mol. The van der Waals surface area contributed by atoms with Crippen LogP contribution in [0.2, 0.25) is 5.02 Å². The molecule has 0 saturated heterocycles. The number of allylic oxidation sites excluding steroid dienone is 1. The number of benzene rings is 1. The van der Waals surface area contributed by atoms with Crippen LogP contribution in [-0.2, 0) is 14.3 Å². The summed E-state index contributed by atoms with van der Waals surface area (Å²) in [5, 5.41) is 16.0. The highest BCUT2D eigenvalue weighted by atomic mass is 35.5. The Morgan fingerprint density at radius 3 is 2.46 bits per heavy atom. The van der Waals surface area contributed by atoms with E-state index in [9.17, 15) is 19.5 Å². The first-order valence-corrected chi connectivity index (χ1v) is 8.90. The van der Waals surface area contributed by atoms with E-state index in [-0.39, 0.29) is 35.3 Å².